The molecule has 1 aliphatic heterocycles. The number of rotatable bonds is 7. The summed E-state index contributed by atoms with van der Waals surface area (Å²) in [6.45, 7) is 8.85. The third-order valence-electron chi connectivity index (χ3n) is 5.79. The minimum absolute atomic E-state index is 0.0790. The van der Waals surface area contributed by atoms with Gasteiger partial charge in [0.1, 0.15) is 24.4 Å². The van der Waals surface area contributed by atoms with Crippen LogP contribution in [0.25, 0.3) is 0 Å². The minimum Gasteiger partial charge on any atom is -0.456 e. The first-order chi connectivity index (χ1) is 16.9. The van der Waals surface area contributed by atoms with Crippen molar-refractivity contribution in [2.75, 3.05) is 11.5 Å². The molecule has 0 saturated carbocycles. The third-order valence-corrected chi connectivity index (χ3v) is 6.44. The van der Waals surface area contributed by atoms with Crippen molar-refractivity contribution >= 4 is 48.9 Å². The number of esters is 1. The van der Waals surface area contributed by atoms with Crippen LogP contribution in [0.3, 0.4) is 0 Å². The Bertz CT molecular complexity index is 780. The van der Waals surface area contributed by atoms with E-state index in [0.717, 1.165) is 0 Å². The van der Waals surface area contributed by atoms with E-state index in [4.69, 9.17) is 4.74 Å². The van der Waals surface area contributed by atoms with E-state index in [1.165, 1.54) is 0 Å². The number of aliphatic hydroxyl groups is 1. The molecule has 0 aromatic heterocycles. The molecule has 0 aromatic rings. The average molecular weight is 547 g/mol. The topological polar surface area (TPSA) is 146 Å². The Hall–Kier alpha value is -1.76. The summed E-state index contributed by atoms with van der Waals surface area (Å²) in [6.07, 6.45) is 1.90. The molecule has 3 amide bonds. The summed E-state index contributed by atoms with van der Waals surface area (Å²) in [5.41, 5.74) is 0. The second-order valence-electron chi connectivity index (χ2n) is 9.51. The van der Waals surface area contributed by atoms with Crippen molar-refractivity contribution in [2.24, 2.45) is 11.8 Å². The molecule has 12 heteroatoms. The highest BCUT2D eigenvalue weighted by molar-refractivity contribution is 7.80. The predicted octanol–water partition coefficient (Wildman–Crippen LogP) is 0.561. The molecule has 1 heterocycles. The van der Waals surface area contributed by atoms with E-state index in [2.05, 4.69) is 46.5 Å². The Kier molecular flexibility index (Phi) is 14.5. The van der Waals surface area contributed by atoms with Gasteiger partial charge in [0.15, 0.2) is 0 Å². The molecular formula is C24H42N4O6S2. The first kappa shape index (κ1) is 32.3. The van der Waals surface area contributed by atoms with E-state index in [1.807, 2.05) is 0 Å². The van der Waals surface area contributed by atoms with Gasteiger partial charge in [-0.3, -0.25) is 19.7 Å². The second-order valence-corrected chi connectivity index (χ2v) is 10.3. The predicted molar refractivity (Wildman–Crippen MR) is 145 cm³/mol. The number of nitrogens with one attached hydrogen (secondary N) is 4. The van der Waals surface area contributed by atoms with Gasteiger partial charge in [0.2, 0.25) is 17.7 Å². The molecule has 5 N–H and O–H groups in total. The summed E-state index contributed by atoms with van der Waals surface area (Å²) in [5.74, 6) is -2.07. The standard InChI is InChI=1S/C24H42N4O6S2/c1-6-16-21(30)28-20(14(4)5)24(33)34-15(9-7-8-10-35)11-18(29)27-19(13(2)3)23(32)26-17(12-36)22(31)25-16/h7,9,13-17,19-20,22,25,31,35-36H,6,8,10-12H2,1-5H3,(H,26,32)(H,27,29)(H,28,30)/t15-,16?,17-,19-,20+,22?/m1/s1. The van der Waals surface area contributed by atoms with Gasteiger partial charge in [0.05, 0.1) is 18.5 Å². The molecule has 0 radical (unpaired) electrons. The van der Waals surface area contributed by atoms with Crippen LogP contribution in [-0.4, -0.2) is 76.8 Å². The van der Waals surface area contributed by atoms with Crippen molar-refractivity contribution in [1.82, 2.24) is 21.3 Å². The van der Waals surface area contributed by atoms with Gasteiger partial charge in [-0.2, -0.15) is 25.3 Å². The summed E-state index contributed by atoms with van der Waals surface area (Å²) >= 11 is 8.40. The highest BCUT2D eigenvalue weighted by atomic mass is 32.1. The number of aliphatic hydroxyl groups excluding tert-OH is 1. The molecule has 2 unspecified atom stereocenters. The number of hydrogen-bond donors (Lipinski definition) is 7. The molecule has 0 spiro atoms. The number of carbonyl (C=O) groups excluding carboxylic acids is 4. The number of amides is 3. The largest absolute Gasteiger partial charge is 0.456 e. The fourth-order valence-electron chi connectivity index (χ4n) is 3.59. The summed E-state index contributed by atoms with van der Waals surface area (Å²) in [6, 6.07) is -3.54. The van der Waals surface area contributed by atoms with Crippen molar-refractivity contribution in [3.05, 3.63) is 12.2 Å². The maximum atomic E-state index is 13.1. The molecule has 1 rings (SSSR count). The summed E-state index contributed by atoms with van der Waals surface area (Å²) in [5, 5.41) is 21.7. The van der Waals surface area contributed by atoms with Gasteiger partial charge >= 0.3 is 5.97 Å². The first-order valence-corrected chi connectivity index (χ1v) is 13.6. The van der Waals surface area contributed by atoms with E-state index >= 15 is 0 Å². The van der Waals surface area contributed by atoms with Crippen molar-refractivity contribution < 1.29 is 29.0 Å². The average Bonchev–Trinajstić information content (AvgIpc) is 2.81. The summed E-state index contributed by atoms with van der Waals surface area (Å²) in [7, 11) is 0. The fourth-order valence-corrected chi connectivity index (χ4v) is 4.03. The maximum Gasteiger partial charge on any atom is 0.329 e. The molecular weight excluding hydrogens is 504 g/mol. The molecule has 0 aliphatic carbocycles. The van der Waals surface area contributed by atoms with Crippen LogP contribution in [0.2, 0.25) is 0 Å². The second kappa shape index (κ2) is 16.2. The fraction of sp³-hybridized carbons (Fsp3) is 0.750. The van der Waals surface area contributed by atoms with Crippen LogP contribution in [0.1, 0.15) is 53.9 Å². The molecule has 0 aromatic carbocycles. The van der Waals surface area contributed by atoms with Gasteiger partial charge in [-0.25, -0.2) is 4.79 Å². The van der Waals surface area contributed by atoms with E-state index < -0.39 is 60.2 Å². The maximum absolute atomic E-state index is 13.1. The van der Waals surface area contributed by atoms with Gasteiger partial charge in [0.25, 0.3) is 0 Å². The quantitative estimate of drug-likeness (QED) is 0.140. The van der Waals surface area contributed by atoms with E-state index in [1.54, 1.807) is 46.8 Å². The summed E-state index contributed by atoms with van der Waals surface area (Å²) < 4.78 is 5.63. The molecule has 0 bridgehead atoms. The molecule has 1 saturated heterocycles. The van der Waals surface area contributed by atoms with E-state index in [-0.39, 0.29) is 24.0 Å². The van der Waals surface area contributed by atoms with Crippen LogP contribution in [0.4, 0.5) is 0 Å². The van der Waals surface area contributed by atoms with E-state index in [9.17, 15) is 24.3 Å². The third kappa shape index (κ3) is 10.3. The Morgan fingerprint density at radius 2 is 1.64 bits per heavy atom. The van der Waals surface area contributed by atoms with Gasteiger partial charge in [-0.1, -0.05) is 40.7 Å². The van der Waals surface area contributed by atoms with Crippen molar-refractivity contribution in [1.29, 1.82) is 0 Å². The summed E-state index contributed by atoms with van der Waals surface area (Å²) in [4.78, 5) is 51.9. The Labute approximate surface area is 225 Å². The number of allylic oxidation sites excluding steroid dienone is 1. The van der Waals surface area contributed by atoms with Crippen LogP contribution >= 0.6 is 25.3 Å². The van der Waals surface area contributed by atoms with Crippen LogP contribution in [0.5, 0.6) is 0 Å². The van der Waals surface area contributed by atoms with Crippen LogP contribution in [0, 0.1) is 11.8 Å². The monoisotopic (exact) mass is 546 g/mol. The van der Waals surface area contributed by atoms with Crippen LogP contribution in [-0.2, 0) is 23.9 Å². The zero-order valence-electron chi connectivity index (χ0n) is 21.7. The molecule has 1 fully saturated rings. The zero-order chi connectivity index (χ0) is 27.4. The number of thiol groups is 2. The zero-order valence-corrected chi connectivity index (χ0v) is 23.5. The number of carbonyl (C=O) groups is 4. The highest BCUT2D eigenvalue weighted by Crippen LogP contribution is 2.12. The Balaban J connectivity index is 3.39. The van der Waals surface area contributed by atoms with Crippen LogP contribution < -0.4 is 21.3 Å². The number of ether oxygens (including phenoxy) is 1. The highest BCUT2D eigenvalue weighted by Gasteiger charge is 2.34. The van der Waals surface area contributed by atoms with Gasteiger partial charge in [-0.15, -0.1) is 0 Å². The van der Waals surface area contributed by atoms with Crippen molar-refractivity contribution in [3.8, 4) is 0 Å². The Morgan fingerprint density at radius 3 is 2.17 bits per heavy atom. The number of hydrogen-bond acceptors (Lipinski definition) is 9. The van der Waals surface area contributed by atoms with Gasteiger partial charge in [0, 0.05) is 5.75 Å². The lowest BCUT2D eigenvalue weighted by molar-refractivity contribution is -0.153. The lowest BCUT2D eigenvalue weighted by atomic mass is 10.0. The van der Waals surface area contributed by atoms with Crippen LogP contribution in [0.15, 0.2) is 12.2 Å². The van der Waals surface area contributed by atoms with Gasteiger partial charge < -0.3 is 25.8 Å². The number of cyclic esters (lactones) is 1. The molecule has 206 valence electrons. The lowest BCUT2D eigenvalue weighted by Gasteiger charge is -2.31. The minimum atomic E-state index is -1.30. The van der Waals surface area contributed by atoms with E-state index in [0.29, 0.717) is 18.6 Å². The molecule has 36 heavy (non-hydrogen) atoms. The van der Waals surface area contributed by atoms with Crippen molar-refractivity contribution in [2.45, 2.75) is 90.4 Å². The Morgan fingerprint density at radius 1 is 1.00 bits per heavy atom. The van der Waals surface area contributed by atoms with Gasteiger partial charge in [-0.05, 0) is 36.5 Å². The molecule has 1 aliphatic rings. The molecule has 10 nitrogen and oxygen atoms in total. The lowest BCUT2D eigenvalue weighted by Crippen LogP contribution is -2.61. The SMILES string of the molecule is CCC1NC(O)[C@@H](CS)NC(=O)[C@@H](C(C)C)NC(=O)C[C@@H](C=CCCS)OC(=O)[C@H](C(C)C)NC1=O. The smallest absolute Gasteiger partial charge is 0.329 e. The van der Waals surface area contributed by atoms with Crippen molar-refractivity contribution in [3.63, 3.8) is 0 Å². The first-order valence-electron chi connectivity index (χ1n) is 12.4. The normalized spacial score (nSPS) is 29.7. The molecule has 6 atom stereocenters.